The SMILES string of the molecule is COC(=O)C[C@@H](C)c1ccc(N(CC(C)C)C2CCN(C(=O)OC)CC2)c(Nc2nc(C(F)(F)F)ns2)c1. The van der Waals surface area contributed by atoms with Gasteiger partial charge in [-0.25, -0.2) is 4.79 Å². The lowest BCUT2D eigenvalue weighted by molar-refractivity contribution is -0.144. The van der Waals surface area contributed by atoms with Gasteiger partial charge >= 0.3 is 18.2 Å². The van der Waals surface area contributed by atoms with Crippen LogP contribution in [0.25, 0.3) is 0 Å². The first-order chi connectivity index (χ1) is 17.9. The van der Waals surface area contributed by atoms with Gasteiger partial charge in [-0.3, -0.25) is 4.79 Å². The Labute approximate surface area is 224 Å². The van der Waals surface area contributed by atoms with Crippen molar-refractivity contribution in [3.05, 3.63) is 29.6 Å². The zero-order valence-electron chi connectivity index (χ0n) is 22.2. The molecule has 13 heteroatoms. The molecule has 0 bridgehead atoms. The molecule has 1 aromatic carbocycles. The number of benzene rings is 1. The summed E-state index contributed by atoms with van der Waals surface area (Å²) < 4.78 is 52.5. The Morgan fingerprint density at radius 1 is 1.18 bits per heavy atom. The van der Waals surface area contributed by atoms with Crippen LogP contribution in [0.4, 0.5) is 34.5 Å². The molecule has 0 spiro atoms. The summed E-state index contributed by atoms with van der Waals surface area (Å²) in [4.78, 5) is 31.4. The molecule has 1 amide bonds. The average molecular weight is 558 g/mol. The normalized spacial score (nSPS) is 15.3. The molecule has 1 aliphatic rings. The molecule has 0 aliphatic carbocycles. The minimum atomic E-state index is -4.65. The highest BCUT2D eigenvalue weighted by atomic mass is 32.1. The van der Waals surface area contributed by atoms with Gasteiger partial charge < -0.3 is 24.6 Å². The molecule has 2 aromatic rings. The Morgan fingerprint density at radius 3 is 2.42 bits per heavy atom. The van der Waals surface area contributed by atoms with Crippen LogP contribution < -0.4 is 10.2 Å². The van der Waals surface area contributed by atoms with E-state index in [4.69, 9.17) is 9.47 Å². The quantitative estimate of drug-likeness (QED) is 0.395. The van der Waals surface area contributed by atoms with E-state index in [-0.39, 0.29) is 41.5 Å². The second kappa shape index (κ2) is 12.6. The topological polar surface area (TPSA) is 96.9 Å². The number of anilines is 3. The molecule has 1 saturated heterocycles. The fraction of sp³-hybridized carbons (Fsp3) is 0.600. The van der Waals surface area contributed by atoms with Crippen LogP contribution in [-0.2, 0) is 20.4 Å². The van der Waals surface area contributed by atoms with Gasteiger partial charge in [0.05, 0.1) is 32.0 Å². The van der Waals surface area contributed by atoms with Gasteiger partial charge in [-0.1, -0.05) is 26.8 Å². The van der Waals surface area contributed by atoms with Gasteiger partial charge in [0.15, 0.2) is 0 Å². The first kappa shape index (κ1) is 29.5. The van der Waals surface area contributed by atoms with Crippen molar-refractivity contribution < 1.29 is 32.2 Å². The predicted molar refractivity (Wildman–Crippen MR) is 139 cm³/mol. The highest BCUT2D eigenvalue weighted by Gasteiger charge is 2.36. The highest BCUT2D eigenvalue weighted by Crippen LogP contribution is 2.37. The van der Waals surface area contributed by atoms with Gasteiger partial charge in [0.25, 0.3) is 0 Å². The molecule has 2 heterocycles. The molecular formula is C25H34F3N5O4S. The van der Waals surface area contributed by atoms with Crippen LogP contribution in [0.2, 0.25) is 0 Å². The van der Waals surface area contributed by atoms with Gasteiger partial charge in [0.2, 0.25) is 11.0 Å². The predicted octanol–water partition coefficient (Wildman–Crippen LogP) is 5.66. The van der Waals surface area contributed by atoms with Crippen molar-refractivity contribution in [1.29, 1.82) is 0 Å². The van der Waals surface area contributed by atoms with E-state index < -0.39 is 12.0 Å². The minimum absolute atomic E-state index is 0.0151. The second-order valence-corrected chi connectivity index (χ2v) is 10.5. The monoisotopic (exact) mass is 557 g/mol. The number of ether oxygens (including phenoxy) is 2. The van der Waals surface area contributed by atoms with E-state index in [9.17, 15) is 22.8 Å². The van der Waals surface area contributed by atoms with Crippen molar-refractivity contribution in [2.45, 2.75) is 58.2 Å². The van der Waals surface area contributed by atoms with Crippen molar-refractivity contribution >= 4 is 40.1 Å². The molecule has 9 nitrogen and oxygen atoms in total. The summed E-state index contributed by atoms with van der Waals surface area (Å²) in [6, 6.07) is 5.78. The molecule has 210 valence electrons. The maximum atomic E-state index is 13.1. The second-order valence-electron chi connectivity index (χ2n) is 9.74. The average Bonchev–Trinajstić information content (AvgIpc) is 3.36. The summed E-state index contributed by atoms with van der Waals surface area (Å²) in [7, 11) is 2.69. The molecule has 1 aliphatic heterocycles. The van der Waals surface area contributed by atoms with Crippen LogP contribution >= 0.6 is 11.5 Å². The van der Waals surface area contributed by atoms with Crippen molar-refractivity contribution in [2.24, 2.45) is 5.92 Å². The number of amides is 1. The summed E-state index contributed by atoms with van der Waals surface area (Å²) >= 11 is 0.633. The summed E-state index contributed by atoms with van der Waals surface area (Å²) in [5.41, 5.74) is 2.19. The zero-order chi connectivity index (χ0) is 28.0. The highest BCUT2D eigenvalue weighted by molar-refractivity contribution is 7.09. The molecule has 0 unspecified atom stereocenters. The Kier molecular flexibility index (Phi) is 9.80. The Morgan fingerprint density at radius 2 is 1.87 bits per heavy atom. The van der Waals surface area contributed by atoms with Crippen molar-refractivity contribution in [2.75, 3.05) is 44.1 Å². The number of nitrogens with zero attached hydrogens (tertiary/aromatic N) is 4. The minimum Gasteiger partial charge on any atom is -0.469 e. The first-order valence-electron chi connectivity index (χ1n) is 12.4. The van der Waals surface area contributed by atoms with E-state index in [1.807, 2.05) is 25.1 Å². The number of methoxy groups -OCH3 is 2. The Balaban J connectivity index is 1.98. The van der Waals surface area contributed by atoms with E-state index in [2.05, 4.69) is 33.4 Å². The van der Waals surface area contributed by atoms with Crippen molar-refractivity contribution in [3.63, 3.8) is 0 Å². The number of aromatic nitrogens is 2. The maximum Gasteiger partial charge on any atom is 0.452 e. The number of hydrogen-bond acceptors (Lipinski definition) is 9. The van der Waals surface area contributed by atoms with Crippen LogP contribution in [0.5, 0.6) is 0 Å². The fourth-order valence-corrected chi connectivity index (χ4v) is 5.09. The summed E-state index contributed by atoms with van der Waals surface area (Å²) in [5, 5.41) is 3.07. The lowest BCUT2D eigenvalue weighted by Gasteiger charge is -2.41. The van der Waals surface area contributed by atoms with Crippen LogP contribution in [0, 0.1) is 5.92 Å². The number of piperidine rings is 1. The van der Waals surface area contributed by atoms with Crippen LogP contribution in [-0.4, -0.2) is 66.2 Å². The number of rotatable bonds is 9. The molecule has 38 heavy (non-hydrogen) atoms. The Bertz CT molecular complexity index is 1100. The molecule has 1 aromatic heterocycles. The smallest absolute Gasteiger partial charge is 0.452 e. The fourth-order valence-electron chi connectivity index (χ4n) is 4.49. The van der Waals surface area contributed by atoms with Crippen molar-refractivity contribution in [3.8, 4) is 0 Å². The molecule has 1 N–H and O–H groups in total. The molecule has 0 saturated carbocycles. The summed E-state index contributed by atoms with van der Waals surface area (Å²) in [6.07, 6.45) is -3.43. The summed E-state index contributed by atoms with van der Waals surface area (Å²) in [5.74, 6) is -1.44. The molecule has 3 rings (SSSR count). The number of nitrogens with one attached hydrogen (secondary N) is 1. The lowest BCUT2D eigenvalue weighted by atomic mass is 9.95. The number of hydrogen-bond donors (Lipinski definition) is 1. The van der Waals surface area contributed by atoms with Gasteiger partial charge in [-0.15, -0.1) is 0 Å². The van der Waals surface area contributed by atoms with E-state index in [1.165, 1.54) is 14.2 Å². The maximum absolute atomic E-state index is 13.1. The van der Waals surface area contributed by atoms with Crippen LogP contribution in [0.15, 0.2) is 18.2 Å². The third kappa shape index (κ3) is 7.49. The lowest BCUT2D eigenvalue weighted by Crippen LogP contribution is -2.48. The number of likely N-dealkylation sites (tertiary alicyclic amines) is 1. The van der Waals surface area contributed by atoms with E-state index in [0.29, 0.717) is 49.7 Å². The third-order valence-corrected chi connectivity index (χ3v) is 7.05. The largest absolute Gasteiger partial charge is 0.469 e. The van der Waals surface area contributed by atoms with E-state index in [1.54, 1.807) is 4.90 Å². The molecular weight excluding hydrogens is 523 g/mol. The van der Waals surface area contributed by atoms with Gasteiger partial charge in [0, 0.05) is 37.2 Å². The molecule has 0 radical (unpaired) electrons. The number of carbonyl (C=O) groups excluding carboxylic acids is 2. The number of esters is 1. The summed E-state index contributed by atoms with van der Waals surface area (Å²) in [6.45, 7) is 7.84. The number of halogens is 3. The van der Waals surface area contributed by atoms with Crippen LogP contribution in [0.3, 0.4) is 0 Å². The Hall–Kier alpha value is -3.09. The van der Waals surface area contributed by atoms with Gasteiger partial charge in [0.1, 0.15) is 0 Å². The van der Waals surface area contributed by atoms with Gasteiger partial charge in [-0.05, 0) is 42.4 Å². The third-order valence-electron chi connectivity index (χ3n) is 6.42. The first-order valence-corrected chi connectivity index (χ1v) is 13.2. The molecule has 1 fully saturated rings. The van der Waals surface area contributed by atoms with Gasteiger partial charge in [-0.2, -0.15) is 22.5 Å². The number of carbonyl (C=O) groups is 2. The van der Waals surface area contributed by atoms with Crippen molar-refractivity contribution in [1.82, 2.24) is 14.3 Å². The van der Waals surface area contributed by atoms with E-state index >= 15 is 0 Å². The number of alkyl halides is 3. The zero-order valence-corrected chi connectivity index (χ0v) is 23.0. The molecule has 1 atom stereocenters. The van der Waals surface area contributed by atoms with Crippen LogP contribution in [0.1, 0.15) is 57.3 Å². The standard InChI is InChI=1S/C25H34F3N5O4S/c1-15(2)14-33(18-8-10-32(11-9-18)24(35)37-5)20-7-6-17(16(3)12-21(34)36-4)13-19(20)29-23-30-22(31-38-23)25(26,27)28/h6-7,13,15-16,18H,8-12,14H2,1-5H3,(H,29,30,31)/t16-/m1/s1. The van der Waals surface area contributed by atoms with E-state index in [0.717, 1.165) is 11.3 Å².